The van der Waals surface area contributed by atoms with Crippen molar-refractivity contribution >= 4 is 23.2 Å². The Morgan fingerprint density at radius 2 is 2.12 bits per heavy atom. The first-order valence-corrected chi connectivity index (χ1v) is 7.88. The van der Waals surface area contributed by atoms with Gasteiger partial charge in [-0.05, 0) is 18.2 Å². The molecule has 1 amide bonds. The quantitative estimate of drug-likeness (QED) is 0.653. The Hall–Kier alpha value is -2.83. The summed E-state index contributed by atoms with van der Waals surface area (Å²) < 4.78 is 5.38. The number of halogens is 1. The number of nitrogens with zero attached hydrogens (tertiary/aromatic N) is 1. The first-order valence-electron chi connectivity index (χ1n) is 7.50. The van der Waals surface area contributed by atoms with E-state index in [0.717, 1.165) is 11.1 Å². The van der Waals surface area contributed by atoms with Gasteiger partial charge in [0.05, 0.1) is 13.3 Å². The summed E-state index contributed by atoms with van der Waals surface area (Å²) in [4.78, 5) is 12.3. The van der Waals surface area contributed by atoms with Gasteiger partial charge in [-0.2, -0.15) is 5.10 Å². The lowest BCUT2D eigenvalue weighted by Gasteiger charge is -2.14. The second-order valence-corrected chi connectivity index (χ2v) is 5.72. The summed E-state index contributed by atoms with van der Waals surface area (Å²) in [5.41, 5.74) is 2.55. The maximum atomic E-state index is 12.3. The topological polar surface area (TPSA) is 87.2 Å². The second-order valence-electron chi connectivity index (χ2n) is 5.32. The van der Waals surface area contributed by atoms with E-state index in [0.29, 0.717) is 22.0 Å². The number of carbonyl (C=O) groups is 1. The number of aromatic nitrogens is 2. The molecule has 6 nitrogen and oxygen atoms in total. The van der Waals surface area contributed by atoms with E-state index in [1.807, 2.05) is 0 Å². The number of ether oxygens (including phenoxy) is 1. The standard InChI is InChI=1S/C18H16ClN3O3/c1-25-16-8-12(6-7-13(16)11-9-20-21-10-11)22-18(24)17(23)14-4-2-3-5-15(14)19/h2-10,17,23H,1H3,(H,20,21)(H,22,24)/t17-/m1/s1. The van der Waals surface area contributed by atoms with Crippen LogP contribution in [0, 0.1) is 0 Å². The number of aliphatic hydroxyl groups is 1. The Morgan fingerprint density at radius 3 is 2.80 bits per heavy atom. The van der Waals surface area contributed by atoms with E-state index in [-0.39, 0.29) is 0 Å². The van der Waals surface area contributed by atoms with Crippen molar-refractivity contribution in [3.8, 4) is 16.9 Å². The second kappa shape index (κ2) is 7.38. The van der Waals surface area contributed by atoms with E-state index in [1.54, 1.807) is 62.0 Å². The Bertz CT molecular complexity index is 881. The molecule has 1 heterocycles. The Kier molecular flexibility index (Phi) is 5.02. The summed E-state index contributed by atoms with van der Waals surface area (Å²) in [6.07, 6.45) is 2.06. The molecule has 0 unspecified atom stereocenters. The maximum Gasteiger partial charge on any atom is 0.257 e. The highest BCUT2D eigenvalue weighted by Gasteiger charge is 2.20. The molecule has 0 saturated carbocycles. The van der Waals surface area contributed by atoms with Gasteiger partial charge in [0.25, 0.3) is 5.91 Å². The SMILES string of the molecule is COc1cc(NC(=O)[C@H](O)c2ccccc2Cl)ccc1-c1cn[nH]c1. The zero-order valence-electron chi connectivity index (χ0n) is 13.4. The lowest BCUT2D eigenvalue weighted by molar-refractivity contribution is -0.124. The monoisotopic (exact) mass is 357 g/mol. The van der Waals surface area contributed by atoms with E-state index in [9.17, 15) is 9.90 Å². The van der Waals surface area contributed by atoms with Crippen LogP contribution in [0.2, 0.25) is 5.02 Å². The van der Waals surface area contributed by atoms with Crippen LogP contribution in [-0.2, 0) is 4.79 Å². The third kappa shape index (κ3) is 3.65. The van der Waals surface area contributed by atoms with Crippen LogP contribution in [0.1, 0.15) is 11.7 Å². The fourth-order valence-electron chi connectivity index (χ4n) is 2.45. The molecule has 25 heavy (non-hydrogen) atoms. The number of aromatic amines is 1. The number of anilines is 1. The van der Waals surface area contributed by atoms with Crippen molar-refractivity contribution in [3.63, 3.8) is 0 Å². The first-order chi connectivity index (χ1) is 12.1. The normalized spacial score (nSPS) is 11.8. The van der Waals surface area contributed by atoms with E-state index >= 15 is 0 Å². The predicted octanol–water partition coefficient (Wildman–Crippen LogP) is 3.41. The molecule has 0 saturated heterocycles. The number of benzene rings is 2. The number of H-pyrrole nitrogens is 1. The van der Waals surface area contributed by atoms with Gasteiger partial charge in [-0.1, -0.05) is 29.8 Å². The van der Waals surface area contributed by atoms with Crippen molar-refractivity contribution in [1.29, 1.82) is 0 Å². The van der Waals surface area contributed by atoms with Gasteiger partial charge in [-0.25, -0.2) is 0 Å². The van der Waals surface area contributed by atoms with E-state index in [4.69, 9.17) is 16.3 Å². The first kappa shape index (κ1) is 17.0. The molecule has 3 rings (SSSR count). The molecular weight excluding hydrogens is 342 g/mol. The van der Waals surface area contributed by atoms with Crippen molar-refractivity contribution in [2.24, 2.45) is 0 Å². The number of nitrogens with one attached hydrogen (secondary N) is 2. The summed E-state index contributed by atoms with van der Waals surface area (Å²) in [5, 5.41) is 19.9. The smallest absolute Gasteiger partial charge is 0.257 e. The summed E-state index contributed by atoms with van der Waals surface area (Å²) in [6.45, 7) is 0. The van der Waals surface area contributed by atoms with Gasteiger partial charge in [-0.15, -0.1) is 0 Å². The molecule has 1 aromatic heterocycles. The Balaban J connectivity index is 1.81. The van der Waals surface area contributed by atoms with Gasteiger partial charge >= 0.3 is 0 Å². The lowest BCUT2D eigenvalue weighted by Crippen LogP contribution is -2.21. The number of aliphatic hydroxyl groups excluding tert-OH is 1. The van der Waals surface area contributed by atoms with Crippen molar-refractivity contribution < 1.29 is 14.6 Å². The maximum absolute atomic E-state index is 12.3. The van der Waals surface area contributed by atoms with Crippen molar-refractivity contribution in [2.45, 2.75) is 6.10 Å². The summed E-state index contributed by atoms with van der Waals surface area (Å²) in [5.74, 6) is -0.00218. The van der Waals surface area contributed by atoms with Crippen LogP contribution in [0.5, 0.6) is 5.75 Å². The van der Waals surface area contributed by atoms with Gasteiger partial charge in [0, 0.05) is 39.7 Å². The molecule has 1 atom stereocenters. The van der Waals surface area contributed by atoms with Crippen LogP contribution >= 0.6 is 11.6 Å². The number of hydrogen-bond acceptors (Lipinski definition) is 4. The van der Waals surface area contributed by atoms with Crippen LogP contribution in [0.25, 0.3) is 11.1 Å². The van der Waals surface area contributed by atoms with Crippen LogP contribution in [0.15, 0.2) is 54.9 Å². The van der Waals surface area contributed by atoms with Crippen molar-refractivity contribution in [1.82, 2.24) is 10.2 Å². The number of carbonyl (C=O) groups excluding carboxylic acids is 1. The third-order valence-electron chi connectivity index (χ3n) is 3.73. The van der Waals surface area contributed by atoms with Gasteiger partial charge in [0.15, 0.2) is 6.10 Å². The number of methoxy groups -OCH3 is 1. The van der Waals surface area contributed by atoms with E-state index in [1.165, 1.54) is 0 Å². The molecule has 0 aliphatic heterocycles. The molecule has 2 aromatic carbocycles. The molecular formula is C18H16ClN3O3. The van der Waals surface area contributed by atoms with Crippen LogP contribution in [0.3, 0.4) is 0 Å². The lowest BCUT2D eigenvalue weighted by atomic mass is 10.1. The van der Waals surface area contributed by atoms with Crippen molar-refractivity contribution in [2.75, 3.05) is 12.4 Å². The summed E-state index contributed by atoms with van der Waals surface area (Å²) >= 11 is 6.02. The molecule has 3 N–H and O–H groups in total. The fraction of sp³-hybridized carbons (Fsp3) is 0.111. The predicted molar refractivity (Wildman–Crippen MR) is 95.6 cm³/mol. The van der Waals surface area contributed by atoms with Gasteiger partial charge in [-0.3, -0.25) is 9.89 Å². The Labute approximate surface area is 149 Å². The highest BCUT2D eigenvalue weighted by Crippen LogP contribution is 2.32. The zero-order chi connectivity index (χ0) is 17.8. The molecule has 7 heteroatoms. The van der Waals surface area contributed by atoms with Gasteiger partial charge in [0.1, 0.15) is 5.75 Å². The molecule has 128 valence electrons. The number of rotatable bonds is 5. The minimum atomic E-state index is -1.37. The van der Waals surface area contributed by atoms with Crippen molar-refractivity contribution in [3.05, 3.63) is 65.4 Å². The zero-order valence-corrected chi connectivity index (χ0v) is 14.1. The van der Waals surface area contributed by atoms with Crippen LogP contribution in [-0.4, -0.2) is 28.3 Å². The van der Waals surface area contributed by atoms with Crippen LogP contribution < -0.4 is 10.1 Å². The largest absolute Gasteiger partial charge is 0.496 e. The summed E-state index contributed by atoms with van der Waals surface area (Å²) in [7, 11) is 1.54. The molecule has 0 spiro atoms. The third-order valence-corrected chi connectivity index (χ3v) is 4.07. The molecule has 0 fully saturated rings. The fourth-order valence-corrected chi connectivity index (χ4v) is 2.69. The van der Waals surface area contributed by atoms with Crippen LogP contribution in [0.4, 0.5) is 5.69 Å². The molecule has 0 aliphatic rings. The average molecular weight is 358 g/mol. The van der Waals surface area contributed by atoms with Gasteiger partial charge < -0.3 is 15.2 Å². The highest BCUT2D eigenvalue weighted by atomic mass is 35.5. The van der Waals surface area contributed by atoms with Gasteiger partial charge in [0.2, 0.25) is 0 Å². The van der Waals surface area contributed by atoms with E-state index in [2.05, 4.69) is 15.5 Å². The average Bonchev–Trinajstić information content (AvgIpc) is 3.15. The molecule has 0 aliphatic carbocycles. The molecule has 3 aromatic rings. The number of hydrogen-bond donors (Lipinski definition) is 3. The minimum absolute atomic E-state index is 0.332. The van der Waals surface area contributed by atoms with E-state index < -0.39 is 12.0 Å². The summed E-state index contributed by atoms with van der Waals surface area (Å²) in [6, 6.07) is 11.9. The number of amides is 1. The molecule has 0 radical (unpaired) electrons. The molecule has 0 bridgehead atoms. The Morgan fingerprint density at radius 1 is 1.32 bits per heavy atom. The highest BCUT2D eigenvalue weighted by molar-refractivity contribution is 6.31. The minimum Gasteiger partial charge on any atom is -0.496 e.